The number of aliphatic imine (C=N–C) groups is 1. The van der Waals surface area contributed by atoms with Crippen molar-refractivity contribution in [2.45, 2.75) is 25.5 Å². The van der Waals surface area contributed by atoms with E-state index in [4.69, 9.17) is 27.9 Å². The van der Waals surface area contributed by atoms with E-state index in [2.05, 4.69) is 9.98 Å². The molecule has 0 fully saturated rings. The van der Waals surface area contributed by atoms with Crippen molar-refractivity contribution in [1.82, 2.24) is 14.5 Å². The lowest BCUT2D eigenvalue weighted by Crippen LogP contribution is -2.35. The Kier molecular flexibility index (Phi) is 9.10. The molecule has 30 heavy (non-hydrogen) atoms. The summed E-state index contributed by atoms with van der Waals surface area (Å²) in [5.74, 6) is 0.187. The lowest BCUT2D eigenvalue weighted by atomic mass is 10.1. The maximum atomic E-state index is 10.7. The summed E-state index contributed by atoms with van der Waals surface area (Å²) in [6.07, 6.45) is 0.0251. The van der Waals surface area contributed by atoms with E-state index in [0.29, 0.717) is 42.3 Å². The third kappa shape index (κ3) is 5.23. The largest absolute Gasteiger partial charge is 0.481 e. The lowest BCUT2D eigenvalue weighted by Gasteiger charge is -2.30. The number of nitrogens with two attached hydrogens (primary N) is 1. The average molecular weight is 478 g/mol. The van der Waals surface area contributed by atoms with Crippen LogP contribution in [-0.2, 0) is 11.8 Å². The number of imidazole rings is 1. The van der Waals surface area contributed by atoms with E-state index >= 15 is 0 Å². The molecule has 0 spiro atoms. The molecule has 0 bridgehead atoms. The number of nitrogens with one attached hydrogen (secondary N) is 1. The number of nitrogen functional groups attached to an aromatic ring is 1. The van der Waals surface area contributed by atoms with Gasteiger partial charge in [0.2, 0.25) is 5.29 Å². The van der Waals surface area contributed by atoms with Crippen LogP contribution in [0.4, 0.5) is 5.82 Å². The second-order valence-corrected chi connectivity index (χ2v) is 6.83. The van der Waals surface area contributed by atoms with Gasteiger partial charge in [0.15, 0.2) is 12.0 Å². The third-order valence-electron chi connectivity index (χ3n) is 4.56. The van der Waals surface area contributed by atoms with Crippen LogP contribution in [0.5, 0.6) is 0 Å². The molecule has 164 valence electrons. The first kappa shape index (κ1) is 25.7. The summed E-state index contributed by atoms with van der Waals surface area (Å²) in [6, 6.07) is 7.05. The number of nitrogens with zero attached hydrogens (tertiary/aromatic N) is 4. The minimum Gasteiger partial charge on any atom is -0.481 e. The van der Waals surface area contributed by atoms with Gasteiger partial charge in [-0.2, -0.15) is 4.99 Å². The first-order valence-corrected chi connectivity index (χ1v) is 9.09. The summed E-state index contributed by atoms with van der Waals surface area (Å²) in [5, 5.41) is 27.1. The Morgan fingerprint density at radius 2 is 1.90 bits per heavy atom. The second kappa shape index (κ2) is 10.6. The standard InChI is InChI=1S/C18H21ClN6O3.2ClH/c1-24-15(11-7-5-10(6-8-11)14(20)21)22-13-16(24)23-18(19)25(17(13)28)9-3-2-4-12(26)27;;/h5-8,17,28H,2-4,9H2,1H3,(H3,20,21)(H,26,27);2*1H. The number of hydrogen-bond donors (Lipinski definition) is 4. The van der Waals surface area contributed by atoms with Crippen LogP contribution in [0.1, 0.15) is 36.7 Å². The smallest absolute Gasteiger partial charge is 0.303 e. The molecule has 0 aliphatic carbocycles. The van der Waals surface area contributed by atoms with E-state index in [1.54, 1.807) is 35.9 Å². The van der Waals surface area contributed by atoms with E-state index in [1.165, 1.54) is 4.90 Å². The first-order chi connectivity index (χ1) is 13.3. The van der Waals surface area contributed by atoms with E-state index in [9.17, 15) is 9.90 Å². The molecule has 2 heterocycles. The highest BCUT2D eigenvalue weighted by molar-refractivity contribution is 6.65. The van der Waals surface area contributed by atoms with E-state index in [0.717, 1.165) is 5.56 Å². The van der Waals surface area contributed by atoms with Crippen molar-refractivity contribution in [3.63, 3.8) is 0 Å². The van der Waals surface area contributed by atoms with Crippen LogP contribution in [0.3, 0.4) is 0 Å². The fraction of sp³-hybridized carbons (Fsp3) is 0.333. The second-order valence-electron chi connectivity index (χ2n) is 6.49. The number of amidine groups is 2. The molecule has 1 atom stereocenters. The summed E-state index contributed by atoms with van der Waals surface area (Å²) in [6.45, 7) is 0.370. The number of unbranched alkanes of at least 4 members (excludes halogenated alkanes) is 1. The van der Waals surface area contributed by atoms with Gasteiger partial charge in [-0.15, -0.1) is 24.8 Å². The highest BCUT2D eigenvalue weighted by Crippen LogP contribution is 2.37. The van der Waals surface area contributed by atoms with Crippen molar-refractivity contribution in [1.29, 1.82) is 5.41 Å². The summed E-state index contributed by atoms with van der Waals surface area (Å²) in [7, 11) is 1.78. The van der Waals surface area contributed by atoms with Crippen molar-refractivity contribution in [2.75, 3.05) is 6.54 Å². The Labute approximate surface area is 190 Å². The van der Waals surface area contributed by atoms with Crippen LogP contribution >= 0.6 is 36.4 Å². The van der Waals surface area contributed by atoms with Gasteiger partial charge in [-0.25, -0.2) is 4.98 Å². The third-order valence-corrected chi connectivity index (χ3v) is 4.86. The van der Waals surface area contributed by atoms with Crippen LogP contribution in [0, 0.1) is 5.41 Å². The number of aromatic nitrogens is 2. The van der Waals surface area contributed by atoms with Gasteiger partial charge in [0, 0.05) is 31.1 Å². The molecule has 0 radical (unpaired) electrons. The number of halogens is 3. The molecule has 3 rings (SSSR count). The SMILES string of the molecule is Cl.Cl.Cn1c(-c2ccc(C(=N)N)cc2)nc2c1N=C(Cl)N(CCCCC(=O)O)C2O. The number of aliphatic hydroxyl groups is 1. The fourth-order valence-electron chi connectivity index (χ4n) is 3.05. The van der Waals surface area contributed by atoms with Gasteiger partial charge < -0.3 is 25.4 Å². The average Bonchev–Trinajstić information content (AvgIpc) is 2.97. The Balaban J connectivity index is 0.00000225. The molecule has 12 heteroatoms. The molecule has 1 aliphatic heterocycles. The van der Waals surface area contributed by atoms with E-state index in [1.807, 2.05) is 0 Å². The minimum absolute atomic E-state index is 0. The van der Waals surface area contributed by atoms with Crippen molar-refractivity contribution in [2.24, 2.45) is 17.8 Å². The van der Waals surface area contributed by atoms with Crippen LogP contribution in [0.25, 0.3) is 11.4 Å². The Morgan fingerprint density at radius 1 is 1.27 bits per heavy atom. The highest BCUT2D eigenvalue weighted by Gasteiger charge is 2.32. The lowest BCUT2D eigenvalue weighted by molar-refractivity contribution is -0.137. The number of hydrogen-bond acceptors (Lipinski definition) is 6. The molecule has 1 aromatic carbocycles. The Hall–Kier alpha value is -2.33. The van der Waals surface area contributed by atoms with Crippen molar-refractivity contribution < 1.29 is 15.0 Å². The molecule has 5 N–H and O–H groups in total. The van der Waals surface area contributed by atoms with Crippen molar-refractivity contribution in [3.8, 4) is 11.4 Å². The zero-order chi connectivity index (χ0) is 20.4. The van der Waals surface area contributed by atoms with Gasteiger partial charge in [-0.1, -0.05) is 24.3 Å². The van der Waals surface area contributed by atoms with Gasteiger partial charge in [0.1, 0.15) is 17.4 Å². The Morgan fingerprint density at radius 3 is 2.47 bits per heavy atom. The number of carboxylic acid groups (broad SMARTS) is 1. The van der Waals surface area contributed by atoms with Crippen LogP contribution in [0.15, 0.2) is 29.3 Å². The van der Waals surface area contributed by atoms with Crippen molar-refractivity contribution in [3.05, 3.63) is 35.5 Å². The molecule has 1 unspecified atom stereocenters. The van der Waals surface area contributed by atoms with Crippen molar-refractivity contribution >= 4 is 59.3 Å². The number of carboxylic acids is 1. The molecular weight excluding hydrogens is 455 g/mol. The quantitative estimate of drug-likeness (QED) is 0.209. The van der Waals surface area contributed by atoms with E-state index < -0.39 is 12.2 Å². The maximum Gasteiger partial charge on any atom is 0.303 e. The fourth-order valence-corrected chi connectivity index (χ4v) is 3.30. The Bertz CT molecular complexity index is 945. The van der Waals surface area contributed by atoms with Gasteiger partial charge >= 0.3 is 5.97 Å². The number of rotatable bonds is 7. The van der Waals surface area contributed by atoms with Gasteiger partial charge in [-0.3, -0.25) is 10.2 Å². The molecule has 1 aliphatic rings. The molecular formula is C18H23Cl3N6O3. The van der Waals surface area contributed by atoms with Crippen LogP contribution in [-0.4, -0.2) is 48.3 Å². The zero-order valence-electron chi connectivity index (χ0n) is 16.1. The molecule has 0 amide bonds. The zero-order valence-corrected chi connectivity index (χ0v) is 18.5. The summed E-state index contributed by atoms with van der Waals surface area (Å²) in [5.41, 5.74) is 7.26. The van der Waals surface area contributed by atoms with Gasteiger partial charge in [0.05, 0.1) is 0 Å². The van der Waals surface area contributed by atoms with Gasteiger partial charge in [-0.05, 0) is 24.4 Å². The molecule has 1 aromatic heterocycles. The predicted octanol–water partition coefficient (Wildman–Crippen LogP) is 3.00. The number of benzene rings is 1. The minimum atomic E-state index is -1.07. The first-order valence-electron chi connectivity index (χ1n) is 8.71. The molecule has 2 aromatic rings. The highest BCUT2D eigenvalue weighted by atomic mass is 35.5. The number of carbonyl (C=O) groups is 1. The molecule has 0 saturated carbocycles. The summed E-state index contributed by atoms with van der Waals surface area (Å²) >= 11 is 6.25. The summed E-state index contributed by atoms with van der Waals surface area (Å²) < 4.78 is 1.74. The molecule has 0 saturated heterocycles. The number of aliphatic carboxylic acids is 1. The summed E-state index contributed by atoms with van der Waals surface area (Å²) in [4.78, 5) is 21.0. The monoisotopic (exact) mass is 476 g/mol. The van der Waals surface area contributed by atoms with Crippen LogP contribution in [0.2, 0.25) is 0 Å². The van der Waals surface area contributed by atoms with Gasteiger partial charge in [0.25, 0.3) is 0 Å². The normalized spacial score (nSPS) is 14.8. The predicted molar refractivity (Wildman–Crippen MR) is 120 cm³/mol. The topological polar surface area (TPSA) is 141 Å². The maximum absolute atomic E-state index is 10.7. The molecule has 9 nitrogen and oxygen atoms in total. The van der Waals surface area contributed by atoms with E-state index in [-0.39, 0.29) is 42.4 Å². The number of fused-ring (bicyclic) bond motifs is 1. The number of aliphatic hydroxyl groups excluding tert-OH is 1. The van der Waals surface area contributed by atoms with Crippen LogP contribution < -0.4 is 5.73 Å².